The van der Waals surface area contributed by atoms with E-state index in [1.807, 2.05) is 36.1 Å². The second-order valence-electron chi connectivity index (χ2n) is 9.83. The zero-order chi connectivity index (χ0) is 24.6. The Morgan fingerprint density at radius 3 is 2.80 bits per heavy atom. The minimum Gasteiger partial charge on any atom is -0.356 e. The average Bonchev–Trinajstić information content (AvgIpc) is 3.36. The third kappa shape index (κ3) is 4.18. The van der Waals surface area contributed by atoms with E-state index in [1.165, 1.54) is 5.56 Å². The highest BCUT2D eigenvalue weighted by molar-refractivity contribution is 6.07. The Morgan fingerprint density at radius 2 is 2.00 bits per heavy atom. The van der Waals surface area contributed by atoms with E-state index in [9.17, 15) is 9.59 Å². The largest absolute Gasteiger partial charge is 0.356 e. The van der Waals surface area contributed by atoms with E-state index in [0.29, 0.717) is 24.2 Å². The van der Waals surface area contributed by atoms with E-state index in [0.717, 1.165) is 48.3 Å². The Balaban J connectivity index is 1.34. The maximum absolute atomic E-state index is 13.2. The Morgan fingerprint density at radius 1 is 1.20 bits per heavy atom. The summed E-state index contributed by atoms with van der Waals surface area (Å²) in [5.41, 5.74) is 5.67. The van der Waals surface area contributed by atoms with Gasteiger partial charge in [-0.25, -0.2) is 0 Å². The van der Waals surface area contributed by atoms with E-state index >= 15 is 0 Å². The fraction of sp³-hybridized carbons (Fsp3) is 0.345. The van der Waals surface area contributed by atoms with Gasteiger partial charge in [0.1, 0.15) is 5.70 Å². The molecule has 6 nitrogen and oxygen atoms in total. The third-order valence-electron chi connectivity index (χ3n) is 7.48. The molecule has 6 heteroatoms. The number of carbonyl (C=O) groups is 2. The van der Waals surface area contributed by atoms with Gasteiger partial charge < -0.3 is 15.5 Å². The number of nitrogens with zero attached hydrogens (tertiary/aromatic N) is 2. The topological polar surface area (TPSA) is 73.8 Å². The summed E-state index contributed by atoms with van der Waals surface area (Å²) in [6.45, 7) is 8.80. The number of rotatable bonds is 5. The van der Waals surface area contributed by atoms with Gasteiger partial charge in [-0.05, 0) is 86.9 Å². The zero-order valence-electron chi connectivity index (χ0n) is 20.4. The van der Waals surface area contributed by atoms with Gasteiger partial charge in [-0.3, -0.25) is 14.6 Å². The molecule has 1 aliphatic carbocycles. The summed E-state index contributed by atoms with van der Waals surface area (Å²) in [5, 5.41) is 6.38. The molecule has 0 aromatic heterocycles. The predicted molar refractivity (Wildman–Crippen MR) is 141 cm³/mol. The number of fused-ring (bicyclic) bond motifs is 3. The number of aliphatic imine (C=N–C) groups is 1. The van der Waals surface area contributed by atoms with Crippen LogP contribution in [0.4, 0.5) is 11.4 Å². The first kappa shape index (κ1) is 23.1. The summed E-state index contributed by atoms with van der Waals surface area (Å²) in [6.07, 6.45) is 7.93. The number of nitrogens with one attached hydrogen (secondary N) is 2. The first-order valence-electron chi connectivity index (χ1n) is 12.4. The van der Waals surface area contributed by atoms with Gasteiger partial charge >= 0.3 is 0 Å². The SMILES string of the molecule is C=C(/C=C(\N=CC)C(=O)N1CCCCC1C)Nc1ccc2c(c1)CC1(C2)C(=O)Nc2ccccc21. The normalized spacial score (nSPS) is 23.4. The Hall–Kier alpha value is -3.67. The molecule has 5 rings (SSSR count). The molecule has 180 valence electrons. The quantitative estimate of drug-likeness (QED) is 0.369. The standard InChI is InChI=1S/C29H32N4O2/c1-4-30-26(27(34)33-14-8-7-9-20(33)3)15-19(2)31-23-13-12-21-17-29(18-22(21)16-23)24-10-5-6-11-25(24)32-28(29)35/h4-6,10-13,15-16,20,31H,2,7-9,14,17-18H2,1,3H3,(H,32,35)/b26-15-,30-4?. The lowest BCUT2D eigenvalue weighted by Gasteiger charge is -2.33. The van der Waals surface area contributed by atoms with Crippen LogP contribution in [-0.2, 0) is 27.8 Å². The molecule has 1 spiro atoms. The summed E-state index contributed by atoms with van der Waals surface area (Å²) in [7, 11) is 0. The van der Waals surface area contributed by atoms with E-state index < -0.39 is 5.41 Å². The highest BCUT2D eigenvalue weighted by atomic mass is 16.2. The highest BCUT2D eigenvalue weighted by Gasteiger charge is 2.50. The zero-order valence-corrected chi connectivity index (χ0v) is 20.4. The molecule has 0 bridgehead atoms. The Labute approximate surface area is 206 Å². The first-order valence-corrected chi connectivity index (χ1v) is 12.4. The van der Waals surface area contributed by atoms with Crippen molar-refractivity contribution in [3.63, 3.8) is 0 Å². The number of piperidine rings is 1. The number of amides is 2. The number of benzene rings is 2. The molecule has 2 aromatic rings. The number of para-hydroxylation sites is 1. The molecule has 2 unspecified atom stereocenters. The average molecular weight is 469 g/mol. The molecule has 3 aliphatic rings. The lowest BCUT2D eigenvalue weighted by atomic mass is 9.79. The first-order chi connectivity index (χ1) is 16.9. The molecule has 0 radical (unpaired) electrons. The molecule has 2 aliphatic heterocycles. The molecule has 2 aromatic carbocycles. The number of anilines is 2. The van der Waals surface area contributed by atoms with Crippen LogP contribution < -0.4 is 10.6 Å². The fourth-order valence-corrected chi connectivity index (χ4v) is 5.70. The van der Waals surface area contributed by atoms with Crippen molar-refractivity contribution in [3.05, 3.63) is 83.2 Å². The van der Waals surface area contributed by atoms with Gasteiger partial charge in [0.25, 0.3) is 5.91 Å². The Bertz CT molecular complexity index is 1260. The summed E-state index contributed by atoms with van der Waals surface area (Å²) >= 11 is 0. The summed E-state index contributed by atoms with van der Waals surface area (Å²) in [6, 6.07) is 14.4. The van der Waals surface area contributed by atoms with Crippen molar-refractivity contribution in [1.29, 1.82) is 0 Å². The van der Waals surface area contributed by atoms with Gasteiger partial charge in [-0.15, -0.1) is 0 Å². The predicted octanol–water partition coefficient (Wildman–Crippen LogP) is 4.98. The molecular weight excluding hydrogens is 436 g/mol. The number of hydrogen-bond acceptors (Lipinski definition) is 4. The van der Waals surface area contributed by atoms with Gasteiger partial charge in [-0.2, -0.15) is 0 Å². The van der Waals surface area contributed by atoms with E-state index in [1.54, 1.807) is 12.3 Å². The van der Waals surface area contributed by atoms with E-state index in [-0.39, 0.29) is 17.9 Å². The van der Waals surface area contributed by atoms with Crippen molar-refractivity contribution in [2.24, 2.45) is 4.99 Å². The molecule has 35 heavy (non-hydrogen) atoms. The Kier molecular flexibility index (Phi) is 6.05. The van der Waals surface area contributed by atoms with Crippen LogP contribution in [0.25, 0.3) is 0 Å². The minimum absolute atomic E-state index is 0.0555. The number of allylic oxidation sites excluding steroid dienone is 1. The lowest BCUT2D eigenvalue weighted by molar-refractivity contribution is -0.130. The van der Waals surface area contributed by atoms with Gasteiger partial charge in [0.2, 0.25) is 5.91 Å². The van der Waals surface area contributed by atoms with Crippen LogP contribution in [0.5, 0.6) is 0 Å². The van der Waals surface area contributed by atoms with Crippen LogP contribution in [0.3, 0.4) is 0 Å². The van der Waals surface area contributed by atoms with Crippen LogP contribution in [0.2, 0.25) is 0 Å². The molecule has 2 atom stereocenters. The molecule has 1 fully saturated rings. The molecule has 1 saturated heterocycles. The highest BCUT2D eigenvalue weighted by Crippen LogP contribution is 2.47. The van der Waals surface area contributed by atoms with Crippen LogP contribution in [0, 0.1) is 0 Å². The van der Waals surface area contributed by atoms with Gasteiger partial charge in [0.05, 0.1) is 5.41 Å². The lowest BCUT2D eigenvalue weighted by Crippen LogP contribution is -2.42. The van der Waals surface area contributed by atoms with Crippen LogP contribution in [-0.4, -0.2) is 35.5 Å². The van der Waals surface area contributed by atoms with Crippen molar-refractivity contribution in [1.82, 2.24) is 4.90 Å². The van der Waals surface area contributed by atoms with Crippen molar-refractivity contribution < 1.29 is 9.59 Å². The van der Waals surface area contributed by atoms with Crippen molar-refractivity contribution >= 4 is 29.4 Å². The van der Waals surface area contributed by atoms with Gasteiger partial charge in [0.15, 0.2) is 0 Å². The summed E-state index contributed by atoms with van der Waals surface area (Å²) < 4.78 is 0. The third-order valence-corrected chi connectivity index (χ3v) is 7.48. The van der Waals surface area contributed by atoms with E-state index in [4.69, 9.17) is 0 Å². The van der Waals surface area contributed by atoms with E-state index in [2.05, 4.69) is 47.3 Å². The molecule has 2 amide bonds. The van der Waals surface area contributed by atoms with Crippen LogP contribution in [0.15, 0.2) is 71.5 Å². The summed E-state index contributed by atoms with van der Waals surface area (Å²) in [4.78, 5) is 32.4. The minimum atomic E-state index is -0.533. The maximum Gasteiger partial charge on any atom is 0.272 e. The second kappa shape index (κ2) is 9.17. The second-order valence-corrected chi connectivity index (χ2v) is 9.83. The van der Waals surface area contributed by atoms with Gasteiger partial charge in [-0.1, -0.05) is 30.8 Å². The number of likely N-dealkylation sites (tertiary alicyclic amines) is 1. The van der Waals surface area contributed by atoms with Crippen molar-refractivity contribution in [3.8, 4) is 0 Å². The fourth-order valence-electron chi connectivity index (χ4n) is 5.70. The van der Waals surface area contributed by atoms with Crippen molar-refractivity contribution in [2.75, 3.05) is 17.2 Å². The molecule has 2 N–H and O–H groups in total. The molecule has 0 saturated carbocycles. The van der Waals surface area contributed by atoms with Crippen LogP contribution in [0.1, 0.15) is 49.8 Å². The van der Waals surface area contributed by atoms with Crippen LogP contribution >= 0.6 is 0 Å². The smallest absolute Gasteiger partial charge is 0.272 e. The molecular formula is C29H32N4O2. The number of hydrogen-bond donors (Lipinski definition) is 2. The summed E-state index contributed by atoms with van der Waals surface area (Å²) in [5.74, 6) is 0.0179. The van der Waals surface area contributed by atoms with Gasteiger partial charge in [0, 0.05) is 35.9 Å². The van der Waals surface area contributed by atoms with Crippen molar-refractivity contribution in [2.45, 2.75) is 57.4 Å². The maximum atomic E-state index is 13.2. The number of carbonyl (C=O) groups excluding carboxylic acids is 2. The monoisotopic (exact) mass is 468 g/mol. The molecule has 2 heterocycles.